The van der Waals surface area contributed by atoms with Crippen molar-refractivity contribution in [3.8, 4) is 11.3 Å². The molecule has 1 saturated carbocycles. The summed E-state index contributed by atoms with van der Waals surface area (Å²) in [7, 11) is 3.92. The number of esters is 1. The van der Waals surface area contributed by atoms with Gasteiger partial charge in [-0.1, -0.05) is 40.7 Å². The van der Waals surface area contributed by atoms with Gasteiger partial charge in [-0.05, 0) is 107 Å². The molecule has 4 aliphatic heterocycles. The summed E-state index contributed by atoms with van der Waals surface area (Å²) in [5.74, 6) is 0.381. The zero-order valence-electron chi connectivity index (χ0n) is 40.3. The van der Waals surface area contributed by atoms with E-state index < -0.39 is 29.6 Å². The maximum atomic E-state index is 14.8. The zero-order chi connectivity index (χ0) is 46.3. The molecule has 8 rings (SSSR count). The molecule has 1 aliphatic carbocycles. The lowest BCUT2D eigenvalue weighted by atomic mass is 9.84. The molecule has 1 unspecified atom stereocenters. The van der Waals surface area contributed by atoms with E-state index in [0.717, 1.165) is 83.8 Å². The van der Waals surface area contributed by atoms with Crippen LogP contribution in [0.5, 0.6) is 0 Å². The van der Waals surface area contributed by atoms with Crippen LogP contribution in [0.15, 0.2) is 35.5 Å². The van der Waals surface area contributed by atoms with Crippen LogP contribution in [0, 0.1) is 29.1 Å². The van der Waals surface area contributed by atoms with Crippen molar-refractivity contribution in [2.75, 3.05) is 70.7 Å². The molecule has 2 saturated heterocycles. The third-order valence-electron chi connectivity index (χ3n) is 14.5. The Balaban J connectivity index is 1.27. The van der Waals surface area contributed by atoms with Crippen molar-refractivity contribution >= 4 is 51.2 Å². The number of aryl methyl sites for hydroxylation is 1. The van der Waals surface area contributed by atoms with Crippen LogP contribution in [-0.4, -0.2) is 126 Å². The first kappa shape index (κ1) is 47.5. The van der Waals surface area contributed by atoms with Gasteiger partial charge in [0.2, 0.25) is 5.91 Å². The van der Waals surface area contributed by atoms with E-state index in [2.05, 4.69) is 105 Å². The van der Waals surface area contributed by atoms with E-state index in [1.807, 2.05) is 13.1 Å². The van der Waals surface area contributed by atoms with E-state index in [1.165, 1.54) is 5.01 Å². The Kier molecular flexibility index (Phi) is 14.4. The van der Waals surface area contributed by atoms with E-state index in [0.29, 0.717) is 49.1 Å². The van der Waals surface area contributed by atoms with Gasteiger partial charge in [-0.3, -0.25) is 29.4 Å². The molecule has 2 amide bonds. The number of nitrogens with zero attached hydrogens (tertiary/aromatic N) is 6. The highest BCUT2D eigenvalue weighted by Gasteiger charge is 2.54. The average Bonchev–Trinajstić information content (AvgIpc) is 3.69. The molecule has 6 heterocycles. The monoisotopic (exact) mass is 913 g/mol. The normalized spacial score (nSPS) is 28.2. The summed E-state index contributed by atoms with van der Waals surface area (Å²) in [5, 5.41) is 6.48. The highest BCUT2D eigenvalue weighted by molar-refractivity contribution is 8.14. The molecule has 354 valence electrons. The summed E-state index contributed by atoms with van der Waals surface area (Å²) >= 11 is 1.59. The van der Waals surface area contributed by atoms with Crippen LogP contribution in [0.3, 0.4) is 0 Å². The molecule has 65 heavy (non-hydrogen) atoms. The fourth-order valence-corrected chi connectivity index (χ4v) is 12.0. The number of aliphatic imine (C=N–C) groups is 1. The van der Waals surface area contributed by atoms with Gasteiger partial charge in [-0.15, -0.1) is 11.8 Å². The number of hydrazine groups is 1. The van der Waals surface area contributed by atoms with Crippen LogP contribution in [-0.2, 0) is 41.6 Å². The molecule has 14 nitrogen and oxygen atoms in total. The number of rotatable bonds is 10. The van der Waals surface area contributed by atoms with Crippen molar-refractivity contribution in [1.29, 1.82) is 0 Å². The van der Waals surface area contributed by atoms with E-state index in [4.69, 9.17) is 24.2 Å². The molecular formula is C50H72N8O6S. The van der Waals surface area contributed by atoms with Gasteiger partial charge in [-0.2, -0.15) is 0 Å². The van der Waals surface area contributed by atoms with E-state index in [9.17, 15) is 14.4 Å². The number of methoxy groups -OCH3 is 1. The Morgan fingerprint density at radius 1 is 1.08 bits per heavy atom. The Morgan fingerprint density at radius 3 is 2.60 bits per heavy atom. The number of hydrogen-bond acceptors (Lipinski definition) is 12. The predicted molar refractivity (Wildman–Crippen MR) is 258 cm³/mol. The van der Waals surface area contributed by atoms with Crippen molar-refractivity contribution in [3.05, 3.63) is 47.3 Å². The Labute approximate surface area is 389 Å². The number of likely N-dealkylation sites (N-methyl/N-ethyl adjacent to an activating group) is 1. The first-order chi connectivity index (χ1) is 31.1. The number of fused-ring (bicyclic) bond motifs is 5. The number of amides is 2. The lowest BCUT2D eigenvalue weighted by molar-refractivity contribution is -0.156. The molecular weight excluding hydrogens is 841 g/mol. The third-order valence-corrected chi connectivity index (χ3v) is 15.6. The predicted octanol–water partition coefficient (Wildman–Crippen LogP) is 6.81. The Hall–Kier alpha value is -4.02. The second-order valence-electron chi connectivity index (χ2n) is 20.1. The molecule has 0 spiro atoms. The molecule has 8 atom stereocenters. The number of carbonyl (C=O) groups excluding carboxylic acids is 3. The summed E-state index contributed by atoms with van der Waals surface area (Å²) in [6.07, 6.45) is 3.74. The fraction of sp³-hybridized carbons (Fsp3) is 0.660. The van der Waals surface area contributed by atoms with Crippen molar-refractivity contribution in [2.45, 2.75) is 118 Å². The Morgan fingerprint density at radius 2 is 1.88 bits per heavy atom. The van der Waals surface area contributed by atoms with Gasteiger partial charge in [0.15, 0.2) is 0 Å². The number of benzene rings is 1. The number of nitrogens with one attached hydrogen (secondary N) is 2. The van der Waals surface area contributed by atoms with Gasteiger partial charge >= 0.3 is 5.97 Å². The zero-order valence-corrected chi connectivity index (χ0v) is 41.1. The van der Waals surface area contributed by atoms with E-state index in [1.54, 1.807) is 18.9 Å². The highest BCUT2D eigenvalue weighted by Crippen LogP contribution is 2.51. The second kappa shape index (κ2) is 19.7. The lowest BCUT2D eigenvalue weighted by Gasteiger charge is -2.37. The van der Waals surface area contributed by atoms with Gasteiger partial charge in [0.05, 0.1) is 42.0 Å². The van der Waals surface area contributed by atoms with Crippen LogP contribution >= 0.6 is 11.8 Å². The minimum absolute atomic E-state index is 0.145. The van der Waals surface area contributed by atoms with Crippen LogP contribution in [0.2, 0.25) is 0 Å². The second-order valence-corrected chi connectivity index (χ2v) is 21.2. The number of carbonyl (C=O) groups is 3. The maximum absolute atomic E-state index is 14.8. The van der Waals surface area contributed by atoms with Crippen molar-refractivity contribution in [2.24, 2.45) is 34.1 Å². The quantitative estimate of drug-likeness (QED) is 0.207. The number of anilines is 1. The van der Waals surface area contributed by atoms with E-state index in [-0.39, 0.29) is 48.3 Å². The summed E-state index contributed by atoms with van der Waals surface area (Å²) in [5.41, 5.74) is 10.2. The van der Waals surface area contributed by atoms with Crippen molar-refractivity contribution < 1.29 is 28.6 Å². The van der Waals surface area contributed by atoms with Crippen molar-refractivity contribution in [1.82, 2.24) is 30.2 Å². The first-order valence-electron chi connectivity index (χ1n) is 24.1. The minimum atomic E-state index is -1.05. The largest absolute Gasteiger partial charge is 0.464 e. The molecule has 5 aliphatic rings. The van der Waals surface area contributed by atoms with Gasteiger partial charge < -0.3 is 33.9 Å². The van der Waals surface area contributed by atoms with Gasteiger partial charge in [0.1, 0.15) is 23.2 Å². The SMILES string of the molecule is CCO[C@@H]1C2=NC(CS2)c2ccc3c(c2)c(c(-c2cc(N4CCCN(C)CC4)cnc2[C@H](C)OC)n3CC)CC(C)(C)COC(=O)[C@@H]2CCCN(N2)C(=O)[C@H]1NC(=O)[C@@H]1[C@@H](C)[C@H]1C(C)C. The number of aromatic nitrogens is 2. The molecule has 3 aromatic rings. The first-order valence-corrected chi connectivity index (χ1v) is 25.1. The van der Waals surface area contributed by atoms with Crippen molar-refractivity contribution in [3.63, 3.8) is 0 Å². The summed E-state index contributed by atoms with van der Waals surface area (Å²) in [6.45, 7) is 22.4. The molecule has 2 N–H and O–H groups in total. The molecule has 3 fully saturated rings. The summed E-state index contributed by atoms with van der Waals surface area (Å²) in [6, 6.07) is 7.04. The van der Waals surface area contributed by atoms with Gasteiger partial charge in [0.25, 0.3) is 5.91 Å². The fourth-order valence-electron chi connectivity index (χ4n) is 10.9. The smallest absolute Gasteiger partial charge is 0.324 e. The van der Waals surface area contributed by atoms with Crippen LogP contribution in [0.1, 0.15) is 104 Å². The third kappa shape index (κ3) is 9.73. The summed E-state index contributed by atoms with van der Waals surface area (Å²) in [4.78, 5) is 58.3. The molecule has 6 bridgehead atoms. The number of ether oxygens (including phenoxy) is 3. The standard InChI is InChI=1S/C50H72N8O6S/c1-11-57-39-17-16-32-23-34(39)36(44(57)35-24-33(26-51-42(35)31(6)62-10)56-19-14-18-55(9)21-22-56)25-50(7,8)28-64-49(61)37-15-13-20-58(54-37)48(60)43(45(63-12-2)47-52-38(32)27-65-47)53-46(59)41-30(5)40(41)29(3)4/h16-17,23-24,26,29-31,37-38,40-41,43,45,54H,11-15,18-22,25,27-28H2,1-10H3,(H,53,59)/t30-,31-,37-,38?,40+,41+,43-,45-/m0/s1. The van der Waals surface area contributed by atoms with Crippen LogP contribution in [0.4, 0.5) is 5.69 Å². The van der Waals surface area contributed by atoms with E-state index >= 15 is 0 Å². The maximum Gasteiger partial charge on any atom is 0.324 e. The lowest BCUT2D eigenvalue weighted by Crippen LogP contribution is -2.63. The number of cyclic esters (lactones) is 1. The molecule has 15 heteroatoms. The molecule has 2 aromatic heterocycles. The highest BCUT2D eigenvalue weighted by atomic mass is 32.2. The topological polar surface area (TPSA) is 143 Å². The van der Waals surface area contributed by atoms with Crippen LogP contribution in [0.25, 0.3) is 22.2 Å². The Bertz CT molecular complexity index is 2280. The average molecular weight is 913 g/mol. The summed E-state index contributed by atoms with van der Waals surface area (Å²) < 4.78 is 21.1. The molecule has 1 aromatic carbocycles. The number of hydrogen-bond donors (Lipinski definition) is 2. The number of thioether (sulfide) groups is 1. The van der Waals surface area contributed by atoms with Gasteiger partial charge in [0, 0.05) is 80.0 Å². The minimum Gasteiger partial charge on any atom is -0.464 e. The van der Waals surface area contributed by atoms with Gasteiger partial charge in [-0.25, -0.2) is 5.43 Å². The molecule has 0 radical (unpaired) electrons. The van der Waals surface area contributed by atoms with Crippen LogP contribution < -0.4 is 15.6 Å². The number of pyridine rings is 1.